The highest BCUT2D eigenvalue weighted by Gasteiger charge is 2.15. The van der Waals surface area contributed by atoms with Gasteiger partial charge in [0.1, 0.15) is 0 Å². The third kappa shape index (κ3) is 5.22. The van der Waals surface area contributed by atoms with E-state index >= 15 is 0 Å². The van der Waals surface area contributed by atoms with Crippen LogP contribution < -0.4 is 5.46 Å². The van der Waals surface area contributed by atoms with Crippen molar-refractivity contribution in [3.63, 3.8) is 0 Å². The number of benzene rings is 2. The van der Waals surface area contributed by atoms with E-state index in [1.807, 2.05) is 19.1 Å². The number of unbranched alkanes of at least 4 members (excludes halogenated alkanes) is 4. The van der Waals surface area contributed by atoms with Crippen molar-refractivity contribution in [2.75, 3.05) is 0 Å². The molecule has 0 fully saturated rings. The first kappa shape index (κ1) is 18.8. The molecule has 0 radical (unpaired) electrons. The minimum atomic E-state index is -1.40. The molecule has 2 rings (SSSR count). The summed E-state index contributed by atoms with van der Waals surface area (Å²) in [4.78, 5) is 0. The number of rotatable bonds is 9. The van der Waals surface area contributed by atoms with Crippen LogP contribution in [0.5, 0.6) is 0 Å². The van der Waals surface area contributed by atoms with Gasteiger partial charge in [-0.1, -0.05) is 82.0 Å². The molecule has 128 valence electrons. The smallest absolute Gasteiger partial charge is 0.423 e. The van der Waals surface area contributed by atoms with Gasteiger partial charge in [-0.3, -0.25) is 0 Å². The van der Waals surface area contributed by atoms with Crippen LogP contribution in [0.25, 0.3) is 11.1 Å². The van der Waals surface area contributed by atoms with Crippen LogP contribution in [0.3, 0.4) is 0 Å². The molecule has 24 heavy (non-hydrogen) atoms. The Kier molecular flexibility index (Phi) is 7.55. The quantitative estimate of drug-likeness (QED) is 0.538. The molecule has 0 aromatic heterocycles. The van der Waals surface area contributed by atoms with E-state index in [2.05, 4.69) is 37.3 Å². The van der Waals surface area contributed by atoms with E-state index in [1.165, 1.54) is 43.2 Å². The average molecular weight is 324 g/mol. The van der Waals surface area contributed by atoms with Gasteiger partial charge in [0.15, 0.2) is 0 Å². The van der Waals surface area contributed by atoms with Gasteiger partial charge in [-0.05, 0) is 47.0 Å². The van der Waals surface area contributed by atoms with Gasteiger partial charge in [0, 0.05) is 0 Å². The lowest BCUT2D eigenvalue weighted by Crippen LogP contribution is -2.32. The van der Waals surface area contributed by atoms with Gasteiger partial charge >= 0.3 is 7.12 Å². The van der Waals surface area contributed by atoms with E-state index < -0.39 is 7.12 Å². The van der Waals surface area contributed by atoms with E-state index in [0.717, 1.165) is 24.0 Å². The summed E-state index contributed by atoms with van der Waals surface area (Å²) >= 11 is 0. The fraction of sp³-hybridized carbons (Fsp3) is 0.429. The van der Waals surface area contributed by atoms with E-state index in [9.17, 15) is 10.0 Å². The zero-order valence-corrected chi connectivity index (χ0v) is 15.0. The van der Waals surface area contributed by atoms with Crippen LogP contribution in [-0.4, -0.2) is 17.2 Å². The van der Waals surface area contributed by atoms with Crippen molar-refractivity contribution in [3.05, 3.63) is 53.6 Å². The molecule has 0 heterocycles. The Bertz CT molecular complexity index is 620. The third-order valence-corrected chi connectivity index (χ3v) is 4.66. The molecule has 0 aliphatic rings. The predicted molar refractivity (Wildman–Crippen MR) is 104 cm³/mol. The molecule has 0 aliphatic carbocycles. The van der Waals surface area contributed by atoms with Gasteiger partial charge in [0.05, 0.1) is 0 Å². The highest BCUT2D eigenvalue weighted by atomic mass is 16.4. The summed E-state index contributed by atoms with van der Waals surface area (Å²) < 4.78 is 0. The van der Waals surface area contributed by atoms with Crippen LogP contribution in [0.15, 0.2) is 42.5 Å². The van der Waals surface area contributed by atoms with Crippen LogP contribution >= 0.6 is 0 Å². The minimum absolute atomic E-state index is 0.602. The van der Waals surface area contributed by atoms with Crippen molar-refractivity contribution < 1.29 is 10.0 Å². The summed E-state index contributed by atoms with van der Waals surface area (Å²) in [6.45, 7) is 4.28. The molecule has 2 nitrogen and oxygen atoms in total. The lowest BCUT2D eigenvalue weighted by Gasteiger charge is -2.10. The Balaban J connectivity index is 2.02. The van der Waals surface area contributed by atoms with Crippen molar-refractivity contribution in [2.45, 2.75) is 58.8 Å². The molecule has 0 saturated carbocycles. The zero-order valence-electron chi connectivity index (χ0n) is 15.0. The maximum Gasteiger partial charge on any atom is 0.488 e. The molecule has 0 amide bonds. The van der Waals surface area contributed by atoms with Crippen LogP contribution in [0, 0.1) is 0 Å². The number of aryl methyl sites for hydroxylation is 2. The Labute approximate surface area is 146 Å². The van der Waals surface area contributed by atoms with Gasteiger partial charge in [-0.25, -0.2) is 0 Å². The summed E-state index contributed by atoms with van der Waals surface area (Å²) in [7, 11) is -1.40. The molecule has 0 saturated heterocycles. The first-order valence-electron chi connectivity index (χ1n) is 9.24. The maximum absolute atomic E-state index is 9.43. The Morgan fingerprint density at radius 3 is 2.08 bits per heavy atom. The Morgan fingerprint density at radius 2 is 1.46 bits per heavy atom. The molecule has 0 bridgehead atoms. The molecule has 0 unspecified atom stereocenters. The monoisotopic (exact) mass is 324 g/mol. The lowest BCUT2D eigenvalue weighted by atomic mass is 9.75. The van der Waals surface area contributed by atoms with Crippen LogP contribution in [0.2, 0.25) is 0 Å². The largest absolute Gasteiger partial charge is 0.488 e. The molecule has 0 atom stereocenters. The van der Waals surface area contributed by atoms with Crippen molar-refractivity contribution in [3.8, 4) is 11.1 Å². The van der Waals surface area contributed by atoms with Crippen molar-refractivity contribution >= 4 is 12.6 Å². The Morgan fingerprint density at radius 1 is 0.792 bits per heavy atom. The summed E-state index contributed by atoms with van der Waals surface area (Å²) in [5.74, 6) is 0. The standard InChI is InChI=1S/C21H29BO2/c1-3-5-6-7-8-9-17-10-12-19(13-11-17)20-14-15-21(22(23)24)18(4-2)16-20/h10-16,23-24H,3-9H2,1-2H3. The lowest BCUT2D eigenvalue weighted by molar-refractivity contribution is 0.425. The summed E-state index contributed by atoms with van der Waals surface area (Å²) in [5, 5.41) is 18.9. The maximum atomic E-state index is 9.43. The first-order chi connectivity index (χ1) is 11.7. The second-order valence-electron chi connectivity index (χ2n) is 6.50. The molecule has 2 aromatic carbocycles. The molecule has 2 aromatic rings. The summed E-state index contributed by atoms with van der Waals surface area (Å²) in [6, 6.07) is 14.6. The SMILES string of the molecule is CCCCCCCc1ccc(-c2ccc(B(O)O)c(CC)c2)cc1. The van der Waals surface area contributed by atoms with E-state index in [-0.39, 0.29) is 0 Å². The Hall–Kier alpha value is -1.58. The molecular weight excluding hydrogens is 295 g/mol. The molecular formula is C21H29BO2. The van der Waals surface area contributed by atoms with Gasteiger partial charge < -0.3 is 10.0 Å². The summed E-state index contributed by atoms with van der Waals surface area (Å²) in [5.41, 5.74) is 5.30. The fourth-order valence-corrected chi connectivity index (χ4v) is 3.14. The highest BCUT2D eigenvalue weighted by Crippen LogP contribution is 2.21. The van der Waals surface area contributed by atoms with Crippen molar-refractivity contribution in [2.24, 2.45) is 0 Å². The number of hydrogen-bond acceptors (Lipinski definition) is 2. The summed E-state index contributed by atoms with van der Waals surface area (Å²) in [6.07, 6.45) is 8.51. The van der Waals surface area contributed by atoms with Crippen molar-refractivity contribution in [1.82, 2.24) is 0 Å². The molecule has 3 heteroatoms. The number of hydrogen-bond donors (Lipinski definition) is 2. The molecule has 0 aliphatic heterocycles. The molecule has 2 N–H and O–H groups in total. The average Bonchev–Trinajstić information content (AvgIpc) is 2.61. The van der Waals surface area contributed by atoms with Crippen LogP contribution in [-0.2, 0) is 12.8 Å². The van der Waals surface area contributed by atoms with Gasteiger partial charge in [-0.2, -0.15) is 0 Å². The normalized spacial score (nSPS) is 10.8. The zero-order chi connectivity index (χ0) is 17.4. The van der Waals surface area contributed by atoms with Gasteiger partial charge in [0.2, 0.25) is 0 Å². The fourth-order valence-electron chi connectivity index (χ4n) is 3.14. The van der Waals surface area contributed by atoms with E-state index in [0.29, 0.717) is 5.46 Å². The van der Waals surface area contributed by atoms with Gasteiger partial charge in [-0.15, -0.1) is 0 Å². The van der Waals surface area contributed by atoms with E-state index in [1.54, 1.807) is 0 Å². The first-order valence-corrected chi connectivity index (χ1v) is 9.24. The van der Waals surface area contributed by atoms with E-state index in [4.69, 9.17) is 0 Å². The van der Waals surface area contributed by atoms with Crippen LogP contribution in [0.1, 0.15) is 57.1 Å². The third-order valence-electron chi connectivity index (χ3n) is 4.66. The minimum Gasteiger partial charge on any atom is -0.423 e. The molecule has 0 spiro atoms. The second kappa shape index (κ2) is 9.66. The van der Waals surface area contributed by atoms with Crippen molar-refractivity contribution in [1.29, 1.82) is 0 Å². The topological polar surface area (TPSA) is 40.5 Å². The second-order valence-corrected chi connectivity index (χ2v) is 6.50. The van der Waals surface area contributed by atoms with Crippen LogP contribution in [0.4, 0.5) is 0 Å². The highest BCUT2D eigenvalue weighted by molar-refractivity contribution is 6.59. The predicted octanol–water partition coefficient (Wildman–Crippen LogP) is 4.11. The van der Waals surface area contributed by atoms with Gasteiger partial charge in [0.25, 0.3) is 0 Å².